The quantitative estimate of drug-likeness (QED) is 0.132. The maximum atomic E-state index is 12.9. The Morgan fingerprint density at radius 3 is 1.65 bits per heavy atom. The minimum absolute atomic E-state index is 0.197. The van der Waals surface area contributed by atoms with Gasteiger partial charge in [-0.05, 0) is 70.9 Å². The molecule has 0 unspecified atom stereocenters. The van der Waals surface area contributed by atoms with Gasteiger partial charge in [-0.1, -0.05) is 92.7 Å². The van der Waals surface area contributed by atoms with Crippen LogP contribution in [0.25, 0.3) is 16.8 Å². The number of allylic oxidation sites excluding steroid dienone is 1. The second-order valence-corrected chi connectivity index (χ2v) is 8.20. The fraction of sp³-hybridized carbons (Fsp3) is 0.0588. The molecule has 0 saturated heterocycles. The number of carbonyl (C=O) groups is 2. The molecule has 0 aliphatic carbocycles. The first kappa shape index (κ1) is 25.3. The van der Waals surface area contributed by atoms with Gasteiger partial charge in [0.25, 0.3) is 0 Å². The van der Waals surface area contributed by atoms with Crippen molar-refractivity contribution in [2.75, 3.05) is 4.90 Å². The number of para-hydroxylation sites is 2. The van der Waals surface area contributed by atoms with E-state index in [1.54, 1.807) is 18.2 Å². The third-order valence-corrected chi connectivity index (χ3v) is 5.92. The molecule has 0 aromatic heterocycles. The van der Waals surface area contributed by atoms with Crippen LogP contribution in [-0.2, 0) is 0 Å². The first-order valence-corrected chi connectivity index (χ1v) is 12.4. The van der Waals surface area contributed by atoms with E-state index in [0.717, 1.165) is 39.7 Å². The van der Waals surface area contributed by atoms with E-state index in [9.17, 15) is 9.59 Å². The molecule has 0 saturated carbocycles. The van der Waals surface area contributed by atoms with E-state index in [2.05, 4.69) is 29.2 Å². The van der Waals surface area contributed by atoms with Crippen molar-refractivity contribution in [2.45, 2.75) is 13.8 Å². The van der Waals surface area contributed by atoms with Crippen LogP contribution in [0.4, 0.5) is 17.1 Å². The van der Waals surface area contributed by atoms with Crippen LogP contribution in [-0.4, -0.2) is 12.1 Å². The minimum atomic E-state index is -0.197. The molecular weight excluding hydrogens is 454 g/mol. The topological polar surface area (TPSA) is 37.4 Å². The number of rotatable bonds is 7. The molecular formula is C34H29NO2. The van der Waals surface area contributed by atoms with Gasteiger partial charge in [-0.2, -0.15) is 0 Å². The summed E-state index contributed by atoms with van der Waals surface area (Å²) in [5.74, 6) is -0.197. The summed E-state index contributed by atoms with van der Waals surface area (Å²) in [6.45, 7) is 4.00. The monoisotopic (exact) mass is 483 g/mol. The van der Waals surface area contributed by atoms with Gasteiger partial charge in [0.15, 0.2) is 12.1 Å². The second kappa shape index (κ2) is 12.3. The number of nitrogens with zero attached hydrogens (tertiary/aromatic N) is 1. The van der Waals surface area contributed by atoms with E-state index in [4.69, 9.17) is 0 Å². The van der Waals surface area contributed by atoms with Crippen molar-refractivity contribution in [1.29, 1.82) is 0 Å². The Hall–Kier alpha value is -4.76. The summed E-state index contributed by atoms with van der Waals surface area (Å²) in [7, 11) is 0. The summed E-state index contributed by atoms with van der Waals surface area (Å²) in [5.41, 5.74) is 4.85. The van der Waals surface area contributed by atoms with E-state index in [-0.39, 0.29) is 5.78 Å². The molecule has 0 N–H and O–H groups in total. The summed E-state index contributed by atoms with van der Waals surface area (Å²) < 4.78 is 0. The second-order valence-electron chi connectivity index (χ2n) is 8.20. The molecule has 0 fully saturated rings. The molecule has 0 atom stereocenters. The van der Waals surface area contributed by atoms with Crippen LogP contribution in [0.1, 0.15) is 40.1 Å². The maximum absolute atomic E-state index is 12.9. The van der Waals surface area contributed by atoms with Gasteiger partial charge in [0.05, 0.1) is 0 Å². The standard InChI is InChI=1S/C32H23NO2.C2H6/c34-23-27-21-25-9-7-8-10-26(25)22-31(27)32(35)20-17-24-15-18-30(19-16-24)33(28-11-3-1-4-12-28)29-13-5-2-6-14-29;1-2/h1-23H;1-2H3/b20-17-;. The van der Waals surface area contributed by atoms with Crippen LogP contribution in [0.5, 0.6) is 0 Å². The number of ketones is 1. The highest BCUT2D eigenvalue weighted by Gasteiger charge is 2.12. The number of benzene rings is 5. The SMILES string of the molecule is CC.O=Cc1cc2ccccc2cc1C(=O)/C=C\c1ccc(N(c2ccccc2)c2ccccc2)cc1. The smallest absolute Gasteiger partial charge is 0.186 e. The van der Waals surface area contributed by atoms with Gasteiger partial charge < -0.3 is 4.90 Å². The Balaban J connectivity index is 0.00000156. The molecule has 5 aromatic rings. The Kier molecular flexibility index (Phi) is 8.41. The fourth-order valence-corrected chi connectivity index (χ4v) is 4.17. The third-order valence-electron chi connectivity index (χ3n) is 5.92. The summed E-state index contributed by atoms with van der Waals surface area (Å²) in [5, 5.41) is 1.87. The lowest BCUT2D eigenvalue weighted by Gasteiger charge is -2.25. The summed E-state index contributed by atoms with van der Waals surface area (Å²) in [6, 6.07) is 39.7. The summed E-state index contributed by atoms with van der Waals surface area (Å²) in [6.07, 6.45) is 4.05. The number of hydrogen-bond acceptors (Lipinski definition) is 3. The Morgan fingerprint density at radius 1 is 0.622 bits per heavy atom. The Labute approximate surface area is 218 Å². The molecule has 0 bridgehead atoms. The fourth-order valence-electron chi connectivity index (χ4n) is 4.17. The van der Waals surface area contributed by atoms with Gasteiger partial charge in [0.2, 0.25) is 0 Å². The lowest BCUT2D eigenvalue weighted by atomic mass is 9.98. The summed E-state index contributed by atoms with van der Waals surface area (Å²) >= 11 is 0. The predicted molar refractivity (Wildman–Crippen MR) is 155 cm³/mol. The predicted octanol–water partition coefficient (Wildman–Crippen LogP) is 9.04. The van der Waals surface area contributed by atoms with Crippen molar-refractivity contribution in [3.05, 3.63) is 144 Å². The van der Waals surface area contributed by atoms with Gasteiger partial charge in [-0.15, -0.1) is 0 Å². The zero-order valence-corrected chi connectivity index (χ0v) is 21.0. The van der Waals surface area contributed by atoms with Gasteiger partial charge in [-0.3, -0.25) is 9.59 Å². The van der Waals surface area contributed by atoms with Crippen LogP contribution in [0.2, 0.25) is 0 Å². The van der Waals surface area contributed by atoms with Gasteiger partial charge in [-0.25, -0.2) is 0 Å². The van der Waals surface area contributed by atoms with Crippen LogP contribution >= 0.6 is 0 Å². The average molecular weight is 484 g/mol. The van der Waals surface area contributed by atoms with Crippen LogP contribution in [0.3, 0.4) is 0 Å². The highest BCUT2D eigenvalue weighted by molar-refractivity contribution is 6.13. The zero-order chi connectivity index (χ0) is 26.0. The molecule has 0 aliphatic heterocycles. The van der Waals surface area contributed by atoms with Gasteiger partial charge in [0, 0.05) is 28.2 Å². The number of anilines is 3. The molecule has 5 rings (SSSR count). The first-order valence-electron chi connectivity index (χ1n) is 12.4. The number of fused-ring (bicyclic) bond motifs is 1. The van der Waals surface area contributed by atoms with Crippen molar-refractivity contribution >= 4 is 46.0 Å². The van der Waals surface area contributed by atoms with E-state index in [1.165, 1.54) is 6.08 Å². The number of carbonyl (C=O) groups excluding carboxylic acids is 2. The van der Waals surface area contributed by atoms with Crippen molar-refractivity contribution in [3.8, 4) is 0 Å². The van der Waals surface area contributed by atoms with Crippen LogP contribution < -0.4 is 4.90 Å². The molecule has 5 aromatic carbocycles. The van der Waals surface area contributed by atoms with E-state index < -0.39 is 0 Å². The van der Waals surface area contributed by atoms with E-state index in [1.807, 2.05) is 98.8 Å². The molecule has 0 heterocycles. The highest BCUT2D eigenvalue weighted by atomic mass is 16.1. The molecule has 37 heavy (non-hydrogen) atoms. The Morgan fingerprint density at radius 2 is 1.11 bits per heavy atom. The average Bonchev–Trinajstić information content (AvgIpc) is 2.98. The largest absolute Gasteiger partial charge is 0.311 e. The van der Waals surface area contributed by atoms with E-state index >= 15 is 0 Å². The molecule has 0 spiro atoms. The van der Waals surface area contributed by atoms with Crippen LogP contribution in [0, 0.1) is 0 Å². The number of hydrogen-bond donors (Lipinski definition) is 0. The molecule has 0 radical (unpaired) electrons. The van der Waals surface area contributed by atoms with Crippen molar-refractivity contribution in [1.82, 2.24) is 0 Å². The normalized spacial score (nSPS) is 10.5. The van der Waals surface area contributed by atoms with Gasteiger partial charge >= 0.3 is 0 Å². The molecule has 3 heteroatoms. The van der Waals surface area contributed by atoms with Crippen molar-refractivity contribution in [3.63, 3.8) is 0 Å². The maximum Gasteiger partial charge on any atom is 0.186 e. The zero-order valence-electron chi connectivity index (χ0n) is 21.0. The molecule has 0 aliphatic rings. The third kappa shape index (κ3) is 5.91. The highest BCUT2D eigenvalue weighted by Crippen LogP contribution is 2.34. The lowest BCUT2D eigenvalue weighted by Crippen LogP contribution is -2.09. The van der Waals surface area contributed by atoms with Crippen LogP contribution in [0.15, 0.2) is 127 Å². The lowest BCUT2D eigenvalue weighted by molar-refractivity contribution is 0.103. The minimum Gasteiger partial charge on any atom is -0.311 e. The summed E-state index contributed by atoms with van der Waals surface area (Å²) in [4.78, 5) is 26.7. The molecule has 0 amide bonds. The Bertz CT molecular complexity index is 1470. The van der Waals surface area contributed by atoms with Gasteiger partial charge in [0.1, 0.15) is 0 Å². The number of aldehydes is 1. The first-order chi connectivity index (χ1) is 18.2. The van der Waals surface area contributed by atoms with Crippen molar-refractivity contribution < 1.29 is 9.59 Å². The van der Waals surface area contributed by atoms with Crippen molar-refractivity contribution in [2.24, 2.45) is 0 Å². The van der Waals surface area contributed by atoms with E-state index in [0.29, 0.717) is 11.1 Å². The molecule has 3 nitrogen and oxygen atoms in total. The molecule has 182 valence electrons.